The highest BCUT2D eigenvalue weighted by atomic mass is 19.1. The van der Waals surface area contributed by atoms with Gasteiger partial charge in [0, 0.05) is 32.3 Å². The molecule has 1 amide bonds. The number of piperazine rings is 1. The molecule has 164 valence electrons. The Bertz CT molecular complexity index is 1140. The number of benzene rings is 2. The van der Waals surface area contributed by atoms with Crippen LogP contribution in [-0.4, -0.2) is 68.9 Å². The van der Waals surface area contributed by atoms with Gasteiger partial charge in [0.1, 0.15) is 5.82 Å². The van der Waals surface area contributed by atoms with E-state index in [9.17, 15) is 9.18 Å². The van der Waals surface area contributed by atoms with Crippen molar-refractivity contribution in [3.05, 3.63) is 65.7 Å². The Balaban J connectivity index is 1.16. The number of amides is 1. The summed E-state index contributed by atoms with van der Waals surface area (Å²) in [6.07, 6.45) is 3.37. The van der Waals surface area contributed by atoms with Crippen LogP contribution in [0.3, 0.4) is 0 Å². The van der Waals surface area contributed by atoms with Gasteiger partial charge in [0.15, 0.2) is 17.3 Å². The highest BCUT2D eigenvalue weighted by Crippen LogP contribution is 2.32. The summed E-state index contributed by atoms with van der Waals surface area (Å²) in [4.78, 5) is 16.6. The minimum Gasteiger partial charge on any atom is -0.454 e. The molecule has 3 heterocycles. The maximum Gasteiger partial charge on any atom is 0.246 e. The largest absolute Gasteiger partial charge is 0.454 e. The SMILES string of the molecule is O=C(/C=C/c1ccc2c(c1)OCO2)N1CCN(Cc2nnnn2-c2ccc(F)cc2)CC1. The summed E-state index contributed by atoms with van der Waals surface area (Å²) in [5, 5.41) is 11.9. The zero-order valence-corrected chi connectivity index (χ0v) is 17.2. The molecule has 5 rings (SSSR count). The van der Waals surface area contributed by atoms with Gasteiger partial charge in [0.2, 0.25) is 12.7 Å². The van der Waals surface area contributed by atoms with Crippen molar-refractivity contribution in [2.24, 2.45) is 0 Å². The molecule has 0 aliphatic carbocycles. The van der Waals surface area contributed by atoms with Crippen molar-refractivity contribution < 1.29 is 18.7 Å². The number of rotatable bonds is 5. The third-order valence-electron chi connectivity index (χ3n) is 5.47. The summed E-state index contributed by atoms with van der Waals surface area (Å²) in [6.45, 7) is 3.41. The molecule has 0 N–H and O–H groups in total. The molecule has 1 saturated heterocycles. The number of halogens is 1. The number of aromatic nitrogens is 4. The van der Waals surface area contributed by atoms with Crippen LogP contribution in [0.25, 0.3) is 11.8 Å². The summed E-state index contributed by atoms with van der Waals surface area (Å²) < 4.78 is 25.5. The molecule has 1 aromatic heterocycles. The average molecular weight is 436 g/mol. The van der Waals surface area contributed by atoms with Crippen molar-refractivity contribution in [1.82, 2.24) is 30.0 Å². The zero-order valence-electron chi connectivity index (χ0n) is 17.2. The van der Waals surface area contributed by atoms with E-state index in [1.165, 1.54) is 12.1 Å². The maximum absolute atomic E-state index is 13.2. The highest BCUT2D eigenvalue weighted by molar-refractivity contribution is 5.92. The molecule has 0 unspecified atom stereocenters. The third kappa shape index (κ3) is 4.30. The summed E-state index contributed by atoms with van der Waals surface area (Å²) in [5.41, 5.74) is 1.59. The lowest BCUT2D eigenvalue weighted by Gasteiger charge is -2.33. The Kier molecular flexibility index (Phi) is 5.51. The topological polar surface area (TPSA) is 85.6 Å². The predicted molar refractivity (Wildman–Crippen MR) is 113 cm³/mol. The minimum absolute atomic E-state index is 0.0292. The van der Waals surface area contributed by atoms with Gasteiger partial charge >= 0.3 is 0 Å². The van der Waals surface area contributed by atoms with Crippen LogP contribution in [0.1, 0.15) is 11.4 Å². The van der Waals surface area contributed by atoms with Gasteiger partial charge < -0.3 is 14.4 Å². The van der Waals surface area contributed by atoms with Gasteiger partial charge in [-0.2, -0.15) is 4.68 Å². The molecule has 0 bridgehead atoms. The fourth-order valence-corrected chi connectivity index (χ4v) is 3.70. The number of hydrogen-bond donors (Lipinski definition) is 0. The summed E-state index contributed by atoms with van der Waals surface area (Å²) in [7, 11) is 0. The second kappa shape index (κ2) is 8.75. The van der Waals surface area contributed by atoms with E-state index in [0.717, 1.165) is 11.3 Å². The average Bonchev–Trinajstić information content (AvgIpc) is 3.47. The van der Waals surface area contributed by atoms with Crippen molar-refractivity contribution >= 4 is 12.0 Å². The normalized spacial score (nSPS) is 16.1. The summed E-state index contributed by atoms with van der Waals surface area (Å²) in [5.74, 6) is 1.74. The van der Waals surface area contributed by atoms with E-state index in [-0.39, 0.29) is 18.5 Å². The Morgan fingerprint density at radius 3 is 2.62 bits per heavy atom. The summed E-state index contributed by atoms with van der Waals surface area (Å²) >= 11 is 0. The Morgan fingerprint density at radius 2 is 1.81 bits per heavy atom. The van der Waals surface area contributed by atoms with Crippen LogP contribution in [0.2, 0.25) is 0 Å². The number of ether oxygens (including phenoxy) is 2. The molecule has 2 aliphatic heterocycles. The number of hydrogen-bond acceptors (Lipinski definition) is 7. The molecule has 3 aromatic rings. The van der Waals surface area contributed by atoms with Gasteiger partial charge in [-0.25, -0.2) is 4.39 Å². The lowest BCUT2D eigenvalue weighted by Crippen LogP contribution is -2.48. The van der Waals surface area contributed by atoms with Crippen LogP contribution in [0, 0.1) is 5.82 Å². The molecule has 32 heavy (non-hydrogen) atoms. The molecule has 0 spiro atoms. The van der Waals surface area contributed by atoms with E-state index in [4.69, 9.17) is 9.47 Å². The van der Waals surface area contributed by atoms with E-state index < -0.39 is 0 Å². The van der Waals surface area contributed by atoms with E-state index in [1.807, 2.05) is 23.1 Å². The molecule has 2 aliphatic rings. The van der Waals surface area contributed by atoms with Crippen molar-refractivity contribution in [2.75, 3.05) is 33.0 Å². The van der Waals surface area contributed by atoms with Crippen molar-refractivity contribution in [3.8, 4) is 17.2 Å². The van der Waals surface area contributed by atoms with Crippen molar-refractivity contribution in [1.29, 1.82) is 0 Å². The van der Waals surface area contributed by atoms with Crippen molar-refractivity contribution in [2.45, 2.75) is 6.54 Å². The molecular weight excluding hydrogens is 415 g/mol. The quantitative estimate of drug-likeness (QED) is 0.565. The zero-order chi connectivity index (χ0) is 21.9. The van der Waals surface area contributed by atoms with Crippen LogP contribution in [0.15, 0.2) is 48.5 Å². The first-order valence-electron chi connectivity index (χ1n) is 10.3. The third-order valence-corrected chi connectivity index (χ3v) is 5.47. The number of carbonyl (C=O) groups excluding carboxylic acids is 1. The second-order valence-electron chi connectivity index (χ2n) is 7.53. The van der Waals surface area contributed by atoms with Gasteiger partial charge in [-0.05, 0) is 58.5 Å². The smallest absolute Gasteiger partial charge is 0.246 e. The van der Waals surface area contributed by atoms with Gasteiger partial charge in [-0.15, -0.1) is 5.10 Å². The first-order valence-corrected chi connectivity index (χ1v) is 10.3. The maximum atomic E-state index is 13.2. The van der Waals surface area contributed by atoms with Crippen molar-refractivity contribution in [3.63, 3.8) is 0 Å². The van der Waals surface area contributed by atoms with Crippen LogP contribution in [0.5, 0.6) is 11.5 Å². The number of carbonyl (C=O) groups is 1. The van der Waals surface area contributed by atoms with Crippen LogP contribution < -0.4 is 9.47 Å². The molecule has 1 fully saturated rings. The van der Waals surface area contributed by atoms with Crippen LogP contribution in [-0.2, 0) is 11.3 Å². The Hall–Kier alpha value is -3.79. The van der Waals surface area contributed by atoms with Gasteiger partial charge in [0.05, 0.1) is 12.2 Å². The first-order chi connectivity index (χ1) is 15.7. The fraction of sp³-hybridized carbons (Fsp3) is 0.273. The standard InChI is InChI=1S/C22H21FN6O3/c23-17-3-5-18(6-4-17)29-21(24-25-26-29)14-27-9-11-28(12-10-27)22(30)8-2-16-1-7-19-20(13-16)32-15-31-19/h1-8,13H,9-12,14-15H2/b8-2+. The van der Waals surface area contributed by atoms with E-state index in [0.29, 0.717) is 50.0 Å². The monoisotopic (exact) mass is 436 g/mol. The molecule has 0 saturated carbocycles. The predicted octanol–water partition coefficient (Wildman–Crippen LogP) is 1.89. The number of fused-ring (bicyclic) bond motifs is 1. The second-order valence-corrected chi connectivity index (χ2v) is 7.53. The Labute approximate surface area is 183 Å². The minimum atomic E-state index is -0.309. The lowest BCUT2D eigenvalue weighted by atomic mass is 10.2. The highest BCUT2D eigenvalue weighted by Gasteiger charge is 2.22. The molecule has 10 heteroatoms. The molecule has 0 radical (unpaired) electrons. The van der Waals surface area contributed by atoms with Gasteiger partial charge in [-0.1, -0.05) is 6.07 Å². The Morgan fingerprint density at radius 1 is 1.03 bits per heavy atom. The lowest BCUT2D eigenvalue weighted by molar-refractivity contribution is -0.127. The summed E-state index contributed by atoms with van der Waals surface area (Å²) in [6, 6.07) is 11.6. The number of nitrogens with zero attached hydrogens (tertiary/aromatic N) is 6. The molecule has 2 aromatic carbocycles. The molecule has 9 nitrogen and oxygen atoms in total. The van der Waals surface area contributed by atoms with E-state index in [1.54, 1.807) is 29.0 Å². The molecular formula is C22H21FN6O3. The van der Waals surface area contributed by atoms with Gasteiger partial charge in [-0.3, -0.25) is 9.69 Å². The van der Waals surface area contributed by atoms with Crippen LogP contribution >= 0.6 is 0 Å². The fourth-order valence-electron chi connectivity index (χ4n) is 3.70. The van der Waals surface area contributed by atoms with Gasteiger partial charge in [0.25, 0.3) is 0 Å². The van der Waals surface area contributed by atoms with E-state index in [2.05, 4.69) is 20.4 Å². The van der Waals surface area contributed by atoms with Crippen LogP contribution in [0.4, 0.5) is 4.39 Å². The molecule has 0 atom stereocenters. The van der Waals surface area contributed by atoms with E-state index >= 15 is 0 Å². The number of tetrazole rings is 1. The first kappa shape index (κ1) is 20.1.